The number of pyridine rings is 1. The Morgan fingerprint density at radius 3 is 3.11 bits per heavy atom. The Morgan fingerprint density at radius 2 is 2.39 bits per heavy atom. The molecule has 0 aliphatic rings. The monoisotopic (exact) mass is 245 g/mol. The van der Waals surface area contributed by atoms with Crippen LogP contribution in [0.15, 0.2) is 31.0 Å². The highest BCUT2D eigenvalue weighted by Gasteiger charge is 2.05. The Bertz CT molecular complexity index is 509. The number of hydrogen-bond donors (Lipinski definition) is 1. The SMILES string of the molecule is Cc1cccnc1NC(=O)CCCn1cncn1. The first-order chi connectivity index (χ1) is 8.75. The number of rotatable bonds is 5. The zero-order chi connectivity index (χ0) is 12.8. The fourth-order valence-electron chi connectivity index (χ4n) is 1.56. The van der Waals surface area contributed by atoms with Gasteiger partial charge in [0.25, 0.3) is 0 Å². The van der Waals surface area contributed by atoms with Gasteiger partial charge in [-0.2, -0.15) is 5.10 Å². The molecule has 1 N–H and O–H groups in total. The number of hydrogen-bond acceptors (Lipinski definition) is 4. The number of nitrogens with zero attached hydrogens (tertiary/aromatic N) is 4. The molecule has 0 aliphatic heterocycles. The lowest BCUT2D eigenvalue weighted by Gasteiger charge is -2.06. The van der Waals surface area contributed by atoms with Gasteiger partial charge in [-0.05, 0) is 25.0 Å². The van der Waals surface area contributed by atoms with E-state index < -0.39 is 0 Å². The van der Waals surface area contributed by atoms with Gasteiger partial charge in [0.15, 0.2) is 0 Å². The van der Waals surface area contributed by atoms with E-state index in [-0.39, 0.29) is 5.91 Å². The molecule has 0 bridgehead atoms. The molecule has 0 radical (unpaired) electrons. The van der Waals surface area contributed by atoms with E-state index in [0.717, 1.165) is 12.0 Å². The molecule has 0 aliphatic carbocycles. The molecule has 0 aromatic carbocycles. The zero-order valence-corrected chi connectivity index (χ0v) is 10.2. The van der Waals surface area contributed by atoms with Crippen molar-refractivity contribution in [3.63, 3.8) is 0 Å². The van der Waals surface area contributed by atoms with Gasteiger partial charge >= 0.3 is 0 Å². The predicted molar refractivity (Wildman–Crippen MR) is 66.9 cm³/mol. The van der Waals surface area contributed by atoms with Crippen molar-refractivity contribution in [1.82, 2.24) is 19.7 Å². The van der Waals surface area contributed by atoms with Gasteiger partial charge in [0.1, 0.15) is 18.5 Å². The highest BCUT2D eigenvalue weighted by Crippen LogP contribution is 2.09. The summed E-state index contributed by atoms with van der Waals surface area (Å²) in [6, 6.07) is 3.76. The van der Waals surface area contributed by atoms with Crippen molar-refractivity contribution in [2.75, 3.05) is 5.32 Å². The van der Waals surface area contributed by atoms with Crippen LogP contribution < -0.4 is 5.32 Å². The van der Waals surface area contributed by atoms with E-state index >= 15 is 0 Å². The summed E-state index contributed by atoms with van der Waals surface area (Å²) < 4.78 is 1.71. The maximum Gasteiger partial charge on any atom is 0.225 e. The van der Waals surface area contributed by atoms with Crippen molar-refractivity contribution in [2.45, 2.75) is 26.3 Å². The van der Waals surface area contributed by atoms with E-state index in [9.17, 15) is 4.79 Å². The molecule has 18 heavy (non-hydrogen) atoms. The van der Waals surface area contributed by atoms with E-state index in [1.807, 2.05) is 19.1 Å². The summed E-state index contributed by atoms with van der Waals surface area (Å²) in [6.45, 7) is 2.60. The van der Waals surface area contributed by atoms with Crippen LogP contribution in [0.25, 0.3) is 0 Å². The highest BCUT2D eigenvalue weighted by atomic mass is 16.1. The standard InChI is InChI=1S/C12H15N5O/c1-10-4-2-6-14-12(10)16-11(18)5-3-7-17-9-13-8-15-17/h2,4,6,8-9H,3,5,7H2,1H3,(H,14,16,18). The molecule has 6 heteroatoms. The normalized spacial score (nSPS) is 10.3. The van der Waals surface area contributed by atoms with E-state index in [4.69, 9.17) is 0 Å². The van der Waals surface area contributed by atoms with E-state index in [0.29, 0.717) is 18.8 Å². The van der Waals surface area contributed by atoms with Crippen molar-refractivity contribution >= 4 is 11.7 Å². The van der Waals surface area contributed by atoms with Crippen LogP contribution in [0.2, 0.25) is 0 Å². The van der Waals surface area contributed by atoms with Gasteiger partial charge in [-0.15, -0.1) is 0 Å². The van der Waals surface area contributed by atoms with Crippen LogP contribution in [-0.4, -0.2) is 25.7 Å². The van der Waals surface area contributed by atoms with Crippen molar-refractivity contribution in [2.24, 2.45) is 0 Å². The Morgan fingerprint density at radius 1 is 1.50 bits per heavy atom. The van der Waals surface area contributed by atoms with Crippen LogP contribution in [0.3, 0.4) is 0 Å². The van der Waals surface area contributed by atoms with Crippen LogP contribution in [0, 0.1) is 6.92 Å². The van der Waals surface area contributed by atoms with Gasteiger partial charge in [-0.25, -0.2) is 9.97 Å². The quantitative estimate of drug-likeness (QED) is 0.864. The van der Waals surface area contributed by atoms with Gasteiger partial charge in [-0.1, -0.05) is 6.07 Å². The Labute approximate surface area is 105 Å². The fraction of sp³-hybridized carbons (Fsp3) is 0.333. The third-order valence-corrected chi connectivity index (χ3v) is 2.52. The summed E-state index contributed by atoms with van der Waals surface area (Å²) in [5.74, 6) is 0.597. The van der Waals surface area contributed by atoms with Gasteiger partial charge in [-0.3, -0.25) is 9.48 Å². The molecule has 0 saturated heterocycles. The minimum atomic E-state index is -0.0306. The third-order valence-electron chi connectivity index (χ3n) is 2.52. The second-order valence-corrected chi connectivity index (χ2v) is 3.98. The molecule has 94 valence electrons. The van der Waals surface area contributed by atoms with E-state index in [2.05, 4.69) is 20.4 Å². The average Bonchev–Trinajstić information content (AvgIpc) is 2.85. The molecule has 2 aromatic rings. The summed E-state index contributed by atoms with van der Waals surface area (Å²) in [5.41, 5.74) is 0.960. The zero-order valence-electron chi connectivity index (χ0n) is 10.2. The average molecular weight is 245 g/mol. The first kappa shape index (κ1) is 12.2. The van der Waals surface area contributed by atoms with Crippen molar-refractivity contribution in [1.29, 1.82) is 0 Å². The maximum absolute atomic E-state index is 11.7. The first-order valence-electron chi connectivity index (χ1n) is 5.79. The van der Waals surface area contributed by atoms with Gasteiger partial charge in [0.2, 0.25) is 5.91 Å². The molecular weight excluding hydrogens is 230 g/mol. The number of anilines is 1. The molecule has 0 spiro atoms. The smallest absolute Gasteiger partial charge is 0.225 e. The van der Waals surface area contributed by atoms with Crippen LogP contribution in [0.5, 0.6) is 0 Å². The van der Waals surface area contributed by atoms with Crippen LogP contribution >= 0.6 is 0 Å². The number of amides is 1. The molecule has 0 atom stereocenters. The molecule has 2 heterocycles. The minimum absolute atomic E-state index is 0.0306. The summed E-state index contributed by atoms with van der Waals surface area (Å²) in [6.07, 6.45) is 5.95. The lowest BCUT2D eigenvalue weighted by Crippen LogP contribution is -2.14. The number of carbonyl (C=O) groups excluding carboxylic acids is 1. The topological polar surface area (TPSA) is 72.7 Å². The van der Waals surface area contributed by atoms with Crippen molar-refractivity contribution in [3.05, 3.63) is 36.5 Å². The van der Waals surface area contributed by atoms with Gasteiger partial charge < -0.3 is 5.32 Å². The second kappa shape index (κ2) is 5.90. The largest absolute Gasteiger partial charge is 0.310 e. The summed E-state index contributed by atoms with van der Waals surface area (Å²) >= 11 is 0. The predicted octanol–water partition coefficient (Wildman–Crippen LogP) is 1.40. The number of aromatic nitrogens is 4. The van der Waals surface area contributed by atoms with E-state index in [1.54, 1.807) is 17.2 Å². The molecule has 2 aromatic heterocycles. The molecule has 1 amide bonds. The van der Waals surface area contributed by atoms with Crippen LogP contribution in [0.4, 0.5) is 5.82 Å². The molecule has 0 saturated carbocycles. The second-order valence-electron chi connectivity index (χ2n) is 3.98. The number of aryl methyl sites for hydroxylation is 2. The number of carbonyl (C=O) groups is 1. The minimum Gasteiger partial charge on any atom is -0.310 e. The molecule has 0 fully saturated rings. The van der Waals surface area contributed by atoms with Gasteiger partial charge in [0.05, 0.1) is 0 Å². The lowest BCUT2D eigenvalue weighted by atomic mass is 10.2. The van der Waals surface area contributed by atoms with Crippen LogP contribution in [0.1, 0.15) is 18.4 Å². The maximum atomic E-state index is 11.7. The van der Waals surface area contributed by atoms with E-state index in [1.165, 1.54) is 6.33 Å². The van der Waals surface area contributed by atoms with Crippen molar-refractivity contribution < 1.29 is 4.79 Å². The molecule has 0 unspecified atom stereocenters. The van der Waals surface area contributed by atoms with Crippen molar-refractivity contribution in [3.8, 4) is 0 Å². The lowest BCUT2D eigenvalue weighted by molar-refractivity contribution is -0.116. The Hall–Kier alpha value is -2.24. The summed E-state index contributed by atoms with van der Waals surface area (Å²) in [4.78, 5) is 19.7. The van der Waals surface area contributed by atoms with Crippen LogP contribution in [-0.2, 0) is 11.3 Å². The number of nitrogens with one attached hydrogen (secondary N) is 1. The summed E-state index contributed by atoms with van der Waals surface area (Å²) in [7, 11) is 0. The molecule has 6 nitrogen and oxygen atoms in total. The molecular formula is C12H15N5O. The highest BCUT2D eigenvalue weighted by molar-refractivity contribution is 5.90. The Balaban J connectivity index is 1.77. The molecule has 2 rings (SSSR count). The fourth-order valence-corrected chi connectivity index (χ4v) is 1.56. The Kier molecular flexibility index (Phi) is 4.01. The first-order valence-corrected chi connectivity index (χ1v) is 5.79. The third kappa shape index (κ3) is 3.38. The van der Waals surface area contributed by atoms with Gasteiger partial charge in [0, 0.05) is 19.2 Å². The summed E-state index contributed by atoms with van der Waals surface area (Å²) in [5, 5.41) is 6.77.